The summed E-state index contributed by atoms with van der Waals surface area (Å²) in [6, 6.07) is 0. The lowest BCUT2D eigenvalue weighted by Gasteiger charge is -2.48. The van der Waals surface area contributed by atoms with Crippen molar-refractivity contribution in [3.05, 3.63) is 17.0 Å². The number of halogens is 1. The molecular formula is C22H40IN5O2. The highest BCUT2D eigenvalue weighted by molar-refractivity contribution is 14.0. The topological polar surface area (TPSA) is 74.9 Å². The minimum Gasteiger partial charge on any atom is -0.379 e. The smallest absolute Gasteiger partial charge is 0.191 e. The number of aryl methyl sites for hydroxylation is 2. The van der Waals surface area contributed by atoms with Gasteiger partial charge in [0.25, 0.3) is 0 Å². The van der Waals surface area contributed by atoms with Gasteiger partial charge in [-0.3, -0.25) is 4.90 Å². The van der Waals surface area contributed by atoms with Crippen LogP contribution >= 0.6 is 24.0 Å². The third-order valence-electron chi connectivity index (χ3n) is 6.40. The monoisotopic (exact) mass is 533 g/mol. The molecule has 1 aliphatic heterocycles. The van der Waals surface area contributed by atoms with Gasteiger partial charge in [0.2, 0.25) is 0 Å². The van der Waals surface area contributed by atoms with Crippen LogP contribution in [0.2, 0.25) is 0 Å². The van der Waals surface area contributed by atoms with Crippen molar-refractivity contribution < 1.29 is 9.26 Å². The summed E-state index contributed by atoms with van der Waals surface area (Å²) in [6.07, 6.45) is 8.21. The summed E-state index contributed by atoms with van der Waals surface area (Å²) in [4.78, 5) is 7.55. The standard InChI is InChI=1S/C22H39N5O2.HI/c1-4-19-18(20(5-2)29-26-19)16-24-21(23-6-3)25-17-22(10-8-7-9-11-22)27-12-14-28-15-13-27;/h4-17H2,1-3H3,(H2,23,24,25);1H. The maximum Gasteiger partial charge on any atom is 0.191 e. The van der Waals surface area contributed by atoms with Gasteiger partial charge in [-0.15, -0.1) is 24.0 Å². The number of guanidine groups is 1. The number of hydrogen-bond donors (Lipinski definition) is 2. The van der Waals surface area contributed by atoms with Crippen molar-refractivity contribution in [3.63, 3.8) is 0 Å². The molecule has 1 saturated heterocycles. The van der Waals surface area contributed by atoms with Gasteiger partial charge in [0.05, 0.1) is 25.5 Å². The molecule has 0 radical (unpaired) electrons. The average Bonchev–Trinajstić information content (AvgIpc) is 3.19. The molecule has 2 fully saturated rings. The molecule has 7 nitrogen and oxygen atoms in total. The van der Waals surface area contributed by atoms with Gasteiger partial charge < -0.3 is 19.9 Å². The van der Waals surface area contributed by atoms with E-state index in [0.29, 0.717) is 6.54 Å². The molecule has 30 heavy (non-hydrogen) atoms. The first-order valence-electron chi connectivity index (χ1n) is 11.5. The van der Waals surface area contributed by atoms with E-state index < -0.39 is 0 Å². The Hall–Kier alpha value is -0.870. The van der Waals surface area contributed by atoms with E-state index in [4.69, 9.17) is 14.3 Å². The third-order valence-corrected chi connectivity index (χ3v) is 6.40. The Morgan fingerprint density at radius 3 is 2.43 bits per heavy atom. The molecule has 172 valence electrons. The van der Waals surface area contributed by atoms with Crippen LogP contribution in [0.25, 0.3) is 0 Å². The Balaban J connectivity index is 0.00000320. The lowest BCUT2D eigenvalue weighted by molar-refractivity contribution is -0.0352. The van der Waals surface area contributed by atoms with Crippen LogP contribution in [0.15, 0.2) is 9.52 Å². The SMILES string of the molecule is CCNC(=NCc1c(CC)noc1CC)NCC1(N2CCOCC2)CCCCC1.I. The molecular weight excluding hydrogens is 493 g/mol. The average molecular weight is 533 g/mol. The Kier molecular flexibility index (Phi) is 10.9. The molecule has 1 saturated carbocycles. The zero-order valence-electron chi connectivity index (χ0n) is 19.0. The second-order valence-corrected chi connectivity index (χ2v) is 8.17. The van der Waals surface area contributed by atoms with Crippen molar-refractivity contribution in [2.24, 2.45) is 4.99 Å². The van der Waals surface area contributed by atoms with Crippen LogP contribution < -0.4 is 10.6 Å². The van der Waals surface area contributed by atoms with E-state index in [1.807, 2.05) is 0 Å². The number of morpholine rings is 1. The van der Waals surface area contributed by atoms with Crippen LogP contribution in [0.4, 0.5) is 0 Å². The molecule has 2 N–H and O–H groups in total. The van der Waals surface area contributed by atoms with Crippen LogP contribution in [0, 0.1) is 0 Å². The van der Waals surface area contributed by atoms with Gasteiger partial charge in [0.1, 0.15) is 5.76 Å². The highest BCUT2D eigenvalue weighted by atomic mass is 127. The molecule has 2 heterocycles. The van der Waals surface area contributed by atoms with Gasteiger partial charge in [-0.25, -0.2) is 4.99 Å². The van der Waals surface area contributed by atoms with Crippen molar-refractivity contribution in [3.8, 4) is 0 Å². The number of rotatable bonds is 8. The number of hydrogen-bond acceptors (Lipinski definition) is 5. The number of nitrogens with one attached hydrogen (secondary N) is 2. The van der Waals surface area contributed by atoms with E-state index in [0.717, 1.165) is 75.2 Å². The largest absolute Gasteiger partial charge is 0.379 e. The van der Waals surface area contributed by atoms with Crippen molar-refractivity contribution in [1.29, 1.82) is 0 Å². The number of nitrogens with zero attached hydrogens (tertiary/aromatic N) is 3. The van der Waals surface area contributed by atoms with Gasteiger partial charge in [0.15, 0.2) is 5.96 Å². The normalized spacial score (nSPS) is 19.9. The summed E-state index contributed by atoms with van der Waals surface area (Å²) in [5, 5.41) is 11.3. The first-order chi connectivity index (χ1) is 14.2. The van der Waals surface area contributed by atoms with E-state index >= 15 is 0 Å². The van der Waals surface area contributed by atoms with E-state index in [1.54, 1.807) is 0 Å². The molecule has 0 aromatic carbocycles. The van der Waals surface area contributed by atoms with E-state index in [1.165, 1.54) is 32.1 Å². The zero-order valence-corrected chi connectivity index (χ0v) is 21.3. The van der Waals surface area contributed by atoms with E-state index in [9.17, 15) is 0 Å². The second kappa shape index (κ2) is 12.9. The van der Waals surface area contributed by atoms with Crippen LogP contribution in [0.3, 0.4) is 0 Å². The lowest BCUT2D eigenvalue weighted by Crippen LogP contribution is -2.60. The van der Waals surface area contributed by atoms with Crippen molar-refractivity contribution in [2.75, 3.05) is 39.4 Å². The highest BCUT2D eigenvalue weighted by Gasteiger charge is 2.38. The molecule has 0 unspecified atom stereocenters. The van der Waals surface area contributed by atoms with Gasteiger partial charge in [0, 0.05) is 43.7 Å². The summed E-state index contributed by atoms with van der Waals surface area (Å²) >= 11 is 0. The predicted molar refractivity (Wildman–Crippen MR) is 132 cm³/mol. The fourth-order valence-corrected chi connectivity index (χ4v) is 4.72. The third kappa shape index (κ3) is 6.32. The van der Waals surface area contributed by atoms with Gasteiger partial charge >= 0.3 is 0 Å². The number of aliphatic imine (C=N–C) groups is 1. The van der Waals surface area contributed by atoms with Crippen LogP contribution in [0.1, 0.15) is 69.9 Å². The lowest BCUT2D eigenvalue weighted by atomic mass is 9.80. The molecule has 0 spiro atoms. The zero-order chi connectivity index (χ0) is 20.5. The minimum atomic E-state index is 0. The molecule has 0 atom stereocenters. The summed E-state index contributed by atoms with van der Waals surface area (Å²) in [5.74, 6) is 1.84. The highest BCUT2D eigenvalue weighted by Crippen LogP contribution is 2.33. The number of aromatic nitrogens is 1. The van der Waals surface area contributed by atoms with Gasteiger partial charge in [-0.05, 0) is 26.2 Å². The predicted octanol–water partition coefficient (Wildman–Crippen LogP) is 3.51. The Bertz CT molecular complexity index is 630. The summed E-state index contributed by atoms with van der Waals surface area (Å²) in [7, 11) is 0. The first kappa shape index (κ1) is 25.4. The molecule has 8 heteroatoms. The minimum absolute atomic E-state index is 0. The molecule has 0 bridgehead atoms. The van der Waals surface area contributed by atoms with Crippen LogP contribution in [-0.2, 0) is 24.1 Å². The molecule has 3 rings (SSSR count). The summed E-state index contributed by atoms with van der Waals surface area (Å²) < 4.78 is 11.1. The summed E-state index contributed by atoms with van der Waals surface area (Å²) in [5.41, 5.74) is 2.39. The van der Waals surface area contributed by atoms with Crippen molar-refractivity contribution in [1.82, 2.24) is 20.7 Å². The maximum atomic E-state index is 5.61. The van der Waals surface area contributed by atoms with Crippen LogP contribution in [-0.4, -0.2) is 60.9 Å². The molecule has 1 aromatic heterocycles. The Morgan fingerprint density at radius 2 is 1.80 bits per heavy atom. The molecule has 2 aliphatic rings. The fraction of sp³-hybridized carbons (Fsp3) is 0.818. The molecule has 1 aliphatic carbocycles. The number of ether oxygens (including phenoxy) is 1. The van der Waals surface area contributed by atoms with Crippen LogP contribution in [0.5, 0.6) is 0 Å². The molecule has 1 aromatic rings. The first-order valence-corrected chi connectivity index (χ1v) is 11.5. The fourth-order valence-electron chi connectivity index (χ4n) is 4.72. The maximum absolute atomic E-state index is 5.61. The van der Waals surface area contributed by atoms with E-state index in [2.05, 4.69) is 41.5 Å². The second-order valence-electron chi connectivity index (χ2n) is 8.17. The van der Waals surface area contributed by atoms with Gasteiger partial charge in [-0.2, -0.15) is 0 Å². The van der Waals surface area contributed by atoms with E-state index in [-0.39, 0.29) is 29.5 Å². The Labute approximate surface area is 198 Å². The van der Waals surface area contributed by atoms with Crippen molar-refractivity contribution in [2.45, 2.75) is 77.8 Å². The quantitative estimate of drug-likeness (QED) is 0.303. The van der Waals surface area contributed by atoms with Crippen molar-refractivity contribution >= 4 is 29.9 Å². The molecule has 0 amide bonds. The Morgan fingerprint density at radius 1 is 1.07 bits per heavy atom. The summed E-state index contributed by atoms with van der Waals surface area (Å²) in [6.45, 7) is 12.5. The van der Waals surface area contributed by atoms with Gasteiger partial charge in [-0.1, -0.05) is 38.3 Å².